The van der Waals surface area contributed by atoms with Crippen LogP contribution in [0.25, 0.3) is 11.3 Å². The molecule has 0 radical (unpaired) electrons. The van der Waals surface area contributed by atoms with Crippen LogP contribution >= 0.6 is 24.2 Å². The van der Waals surface area contributed by atoms with Gasteiger partial charge in [-0.2, -0.15) is 0 Å². The third-order valence-electron chi connectivity index (χ3n) is 2.55. The van der Waals surface area contributed by atoms with Gasteiger partial charge in [-0.3, -0.25) is 0 Å². The Labute approximate surface area is 105 Å². The van der Waals surface area contributed by atoms with E-state index < -0.39 is 0 Å². The molecule has 82 valence electrons. The molecule has 1 aromatic carbocycles. The summed E-state index contributed by atoms with van der Waals surface area (Å²) in [6.07, 6.45) is 1.56. The van der Waals surface area contributed by atoms with Crippen molar-refractivity contribution in [2.75, 3.05) is 0 Å². The van der Waals surface area contributed by atoms with E-state index in [1.54, 1.807) is 6.33 Å². The fourth-order valence-corrected chi connectivity index (χ4v) is 1.92. The predicted molar refractivity (Wildman–Crippen MR) is 69.2 cm³/mol. The second kappa shape index (κ2) is 4.44. The predicted octanol–water partition coefficient (Wildman–Crippen LogP) is 3.70. The van der Waals surface area contributed by atoms with E-state index in [4.69, 9.17) is 11.6 Å². The van der Waals surface area contributed by atoms with Crippen LogP contribution < -0.4 is 0 Å². The van der Waals surface area contributed by atoms with Crippen LogP contribution in [-0.4, -0.2) is 9.97 Å². The third kappa shape index (κ3) is 2.06. The zero-order chi connectivity index (χ0) is 11.7. The van der Waals surface area contributed by atoms with E-state index in [-0.39, 0.29) is 0 Å². The average Bonchev–Trinajstić information content (AvgIpc) is 2.26. The maximum Gasteiger partial charge on any atom is 0.116 e. The van der Waals surface area contributed by atoms with Gasteiger partial charge in [0, 0.05) is 21.2 Å². The molecule has 0 aliphatic rings. The van der Waals surface area contributed by atoms with E-state index in [0.29, 0.717) is 5.02 Å². The van der Waals surface area contributed by atoms with Crippen molar-refractivity contribution in [3.05, 3.63) is 40.8 Å². The van der Waals surface area contributed by atoms with E-state index in [1.807, 2.05) is 32.0 Å². The number of nitrogens with zero attached hydrogens (tertiary/aromatic N) is 2. The Morgan fingerprint density at radius 3 is 2.69 bits per heavy atom. The molecule has 1 heterocycles. The van der Waals surface area contributed by atoms with Gasteiger partial charge in [-0.1, -0.05) is 11.6 Å². The van der Waals surface area contributed by atoms with Crippen molar-refractivity contribution in [2.24, 2.45) is 0 Å². The number of rotatable bonds is 1. The number of halogens is 1. The van der Waals surface area contributed by atoms with Crippen LogP contribution in [0, 0.1) is 13.8 Å². The summed E-state index contributed by atoms with van der Waals surface area (Å²) in [5.74, 6) is 0. The van der Waals surface area contributed by atoms with Crippen molar-refractivity contribution < 1.29 is 0 Å². The van der Waals surface area contributed by atoms with E-state index in [1.165, 1.54) is 0 Å². The van der Waals surface area contributed by atoms with Crippen LogP contribution in [0.3, 0.4) is 0 Å². The normalized spacial score (nSPS) is 10.5. The first-order chi connectivity index (χ1) is 7.59. The summed E-state index contributed by atoms with van der Waals surface area (Å²) in [5, 5.41) is 0.684. The second-order valence-electron chi connectivity index (χ2n) is 3.59. The minimum absolute atomic E-state index is 0.684. The standard InChI is InChI=1S/C12H11ClN2S/c1-7-8(2)14-6-15-12(7)10-5-9(13)3-4-11(10)16/h3-6,16H,1-2H3. The highest BCUT2D eigenvalue weighted by Crippen LogP contribution is 2.30. The lowest BCUT2D eigenvalue weighted by molar-refractivity contribution is 1.06. The molecule has 0 atom stereocenters. The monoisotopic (exact) mass is 250 g/mol. The molecule has 0 aliphatic carbocycles. The molecule has 0 spiro atoms. The van der Waals surface area contributed by atoms with Gasteiger partial charge < -0.3 is 0 Å². The van der Waals surface area contributed by atoms with Crippen molar-refractivity contribution >= 4 is 24.2 Å². The quantitative estimate of drug-likeness (QED) is 0.781. The van der Waals surface area contributed by atoms with Crippen molar-refractivity contribution in [2.45, 2.75) is 18.7 Å². The highest BCUT2D eigenvalue weighted by molar-refractivity contribution is 7.80. The highest BCUT2D eigenvalue weighted by Gasteiger charge is 2.09. The maximum absolute atomic E-state index is 5.98. The molecule has 0 N–H and O–H groups in total. The lowest BCUT2D eigenvalue weighted by atomic mass is 10.1. The van der Waals surface area contributed by atoms with Crippen molar-refractivity contribution in [3.63, 3.8) is 0 Å². The Hall–Kier alpha value is -1.06. The Balaban J connectivity index is 2.67. The minimum Gasteiger partial charge on any atom is -0.241 e. The Morgan fingerprint density at radius 2 is 1.94 bits per heavy atom. The van der Waals surface area contributed by atoms with Crippen LogP contribution in [-0.2, 0) is 0 Å². The molecule has 16 heavy (non-hydrogen) atoms. The van der Waals surface area contributed by atoms with Gasteiger partial charge in [0.1, 0.15) is 6.33 Å². The summed E-state index contributed by atoms with van der Waals surface area (Å²) in [4.78, 5) is 9.31. The van der Waals surface area contributed by atoms with Gasteiger partial charge in [-0.15, -0.1) is 12.6 Å². The second-order valence-corrected chi connectivity index (χ2v) is 4.51. The van der Waals surface area contributed by atoms with Crippen LogP contribution in [0.5, 0.6) is 0 Å². The van der Waals surface area contributed by atoms with Crippen molar-refractivity contribution in [3.8, 4) is 11.3 Å². The first kappa shape index (κ1) is 11.4. The summed E-state index contributed by atoms with van der Waals surface area (Å²) in [6, 6.07) is 5.56. The maximum atomic E-state index is 5.98. The average molecular weight is 251 g/mol. The van der Waals surface area contributed by atoms with Gasteiger partial charge in [0.25, 0.3) is 0 Å². The number of aryl methyl sites for hydroxylation is 1. The summed E-state index contributed by atoms with van der Waals surface area (Å²) in [7, 11) is 0. The van der Waals surface area contributed by atoms with Gasteiger partial charge in [-0.05, 0) is 37.6 Å². The van der Waals surface area contributed by atoms with Crippen LogP contribution in [0.15, 0.2) is 29.4 Å². The fraction of sp³-hybridized carbons (Fsp3) is 0.167. The van der Waals surface area contributed by atoms with E-state index >= 15 is 0 Å². The van der Waals surface area contributed by atoms with E-state index in [2.05, 4.69) is 22.6 Å². The molecule has 4 heteroatoms. The first-order valence-electron chi connectivity index (χ1n) is 4.86. The number of aromatic nitrogens is 2. The zero-order valence-corrected chi connectivity index (χ0v) is 10.7. The topological polar surface area (TPSA) is 25.8 Å². The third-order valence-corrected chi connectivity index (χ3v) is 3.17. The van der Waals surface area contributed by atoms with Crippen LogP contribution in [0.1, 0.15) is 11.3 Å². The van der Waals surface area contributed by atoms with E-state index in [0.717, 1.165) is 27.4 Å². The molecule has 1 aromatic heterocycles. The number of benzene rings is 1. The summed E-state index contributed by atoms with van der Waals surface area (Å²) in [5.41, 5.74) is 3.86. The molecular weight excluding hydrogens is 240 g/mol. The van der Waals surface area contributed by atoms with Gasteiger partial charge in [0.15, 0.2) is 0 Å². The molecular formula is C12H11ClN2S. The first-order valence-corrected chi connectivity index (χ1v) is 5.69. The number of hydrogen-bond donors (Lipinski definition) is 1. The molecule has 0 saturated carbocycles. The summed E-state index contributed by atoms with van der Waals surface area (Å²) in [6.45, 7) is 3.96. The minimum atomic E-state index is 0.684. The molecule has 0 fully saturated rings. The lowest BCUT2D eigenvalue weighted by Gasteiger charge is -2.09. The smallest absolute Gasteiger partial charge is 0.116 e. The Kier molecular flexibility index (Phi) is 3.17. The molecule has 2 aromatic rings. The van der Waals surface area contributed by atoms with Crippen molar-refractivity contribution in [1.82, 2.24) is 9.97 Å². The molecule has 0 unspecified atom stereocenters. The molecule has 0 aliphatic heterocycles. The number of hydrogen-bond acceptors (Lipinski definition) is 3. The van der Waals surface area contributed by atoms with Gasteiger partial charge in [0.05, 0.1) is 5.69 Å². The number of thiol groups is 1. The van der Waals surface area contributed by atoms with E-state index in [9.17, 15) is 0 Å². The molecule has 2 nitrogen and oxygen atoms in total. The molecule has 2 rings (SSSR count). The highest BCUT2D eigenvalue weighted by atomic mass is 35.5. The summed E-state index contributed by atoms with van der Waals surface area (Å²) >= 11 is 10.4. The SMILES string of the molecule is Cc1ncnc(-c2cc(Cl)ccc2S)c1C. The Morgan fingerprint density at radius 1 is 1.19 bits per heavy atom. The molecule has 0 amide bonds. The van der Waals surface area contributed by atoms with Gasteiger partial charge in [-0.25, -0.2) is 9.97 Å². The largest absolute Gasteiger partial charge is 0.241 e. The van der Waals surface area contributed by atoms with Crippen LogP contribution in [0.4, 0.5) is 0 Å². The van der Waals surface area contributed by atoms with Gasteiger partial charge in [0.2, 0.25) is 0 Å². The fourth-order valence-electron chi connectivity index (χ4n) is 1.51. The zero-order valence-electron chi connectivity index (χ0n) is 9.03. The Bertz CT molecular complexity index is 541. The summed E-state index contributed by atoms with van der Waals surface area (Å²) < 4.78 is 0. The molecule has 0 bridgehead atoms. The van der Waals surface area contributed by atoms with Crippen molar-refractivity contribution in [1.29, 1.82) is 0 Å². The van der Waals surface area contributed by atoms with Crippen LogP contribution in [0.2, 0.25) is 5.02 Å². The van der Waals surface area contributed by atoms with Gasteiger partial charge >= 0.3 is 0 Å². The lowest BCUT2D eigenvalue weighted by Crippen LogP contribution is -1.95. The molecule has 0 saturated heterocycles.